The molecule has 6 heteroatoms. The second-order valence-electron chi connectivity index (χ2n) is 5.12. The summed E-state index contributed by atoms with van der Waals surface area (Å²) in [4.78, 5) is 11.8. The summed E-state index contributed by atoms with van der Waals surface area (Å²) in [5.74, 6) is -4.10. The molecule has 2 atom stereocenters. The lowest BCUT2D eigenvalue weighted by Crippen LogP contribution is -2.36. The first kappa shape index (κ1) is 15.8. The van der Waals surface area contributed by atoms with Gasteiger partial charge in [0.05, 0.1) is 12.5 Å². The molecular weight excluding hydrogens is 285 g/mol. The third-order valence-corrected chi connectivity index (χ3v) is 3.65. The van der Waals surface area contributed by atoms with Crippen LogP contribution in [0.15, 0.2) is 12.1 Å². The van der Waals surface area contributed by atoms with E-state index in [0.29, 0.717) is 18.6 Å². The number of esters is 1. The number of halogens is 3. The molecule has 116 valence electrons. The van der Waals surface area contributed by atoms with Crippen LogP contribution in [0.25, 0.3) is 0 Å². The minimum atomic E-state index is -1.28. The van der Waals surface area contributed by atoms with Gasteiger partial charge in [-0.25, -0.2) is 13.2 Å². The van der Waals surface area contributed by atoms with Gasteiger partial charge in [0.2, 0.25) is 0 Å². The molecule has 0 aliphatic heterocycles. The van der Waals surface area contributed by atoms with Gasteiger partial charge >= 0.3 is 5.97 Å². The number of hydrogen-bond acceptors (Lipinski definition) is 3. The Kier molecular flexibility index (Phi) is 5.22. The smallest absolute Gasteiger partial charge is 0.310 e. The van der Waals surface area contributed by atoms with Gasteiger partial charge in [-0.2, -0.15) is 0 Å². The Labute approximate surface area is 121 Å². The van der Waals surface area contributed by atoms with Crippen molar-refractivity contribution < 1.29 is 27.4 Å². The summed E-state index contributed by atoms with van der Waals surface area (Å²) in [7, 11) is 1.55. The summed E-state index contributed by atoms with van der Waals surface area (Å²) < 4.78 is 49.9. The lowest BCUT2D eigenvalue weighted by molar-refractivity contribution is -0.158. The average molecular weight is 302 g/mol. The number of hydrogen-bond donors (Lipinski definition) is 0. The lowest BCUT2D eigenvalue weighted by atomic mass is 9.94. The van der Waals surface area contributed by atoms with Crippen molar-refractivity contribution >= 4 is 5.97 Å². The molecular formula is C15H17F3O3. The maximum atomic E-state index is 13.5. The van der Waals surface area contributed by atoms with Crippen molar-refractivity contribution in [1.29, 1.82) is 0 Å². The van der Waals surface area contributed by atoms with Gasteiger partial charge in [-0.1, -0.05) is 6.42 Å². The number of ether oxygens (including phenoxy) is 2. The topological polar surface area (TPSA) is 35.5 Å². The summed E-state index contributed by atoms with van der Waals surface area (Å²) in [5, 5.41) is 0. The molecule has 0 unspecified atom stereocenters. The highest BCUT2D eigenvalue weighted by atomic mass is 19.2. The first-order valence-corrected chi connectivity index (χ1v) is 6.87. The van der Waals surface area contributed by atoms with Crippen LogP contribution in [-0.2, 0) is 20.7 Å². The van der Waals surface area contributed by atoms with Crippen LogP contribution in [0, 0.1) is 17.5 Å². The van der Waals surface area contributed by atoms with Gasteiger partial charge in [0.15, 0.2) is 11.6 Å². The second kappa shape index (κ2) is 6.93. The van der Waals surface area contributed by atoms with Crippen LogP contribution in [0.1, 0.15) is 31.2 Å². The van der Waals surface area contributed by atoms with Crippen molar-refractivity contribution in [3.8, 4) is 0 Å². The summed E-state index contributed by atoms with van der Waals surface area (Å²) in [5.41, 5.74) is -0.219. The second-order valence-corrected chi connectivity index (χ2v) is 5.12. The van der Waals surface area contributed by atoms with Gasteiger partial charge in [-0.05, 0) is 25.3 Å². The monoisotopic (exact) mass is 302 g/mol. The molecule has 0 N–H and O–H groups in total. The van der Waals surface area contributed by atoms with E-state index in [9.17, 15) is 18.0 Å². The van der Waals surface area contributed by atoms with Gasteiger partial charge in [-0.15, -0.1) is 0 Å². The van der Waals surface area contributed by atoms with Crippen LogP contribution >= 0.6 is 0 Å². The van der Waals surface area contributed by atoms with E-state index in [4.69, 9.17) is 9.47 Å². The van der Waals surface area contributed by atoms with Crippen molar-refractivity contribution in [3.05, 3.63) is 35.1 Å². The van der Waals surface area contributed by atoms with E-state index >= 15 is 0 Å². The quantitative estimate of drug-likeness (QED) is 0.633. The van der Waals surface area contributed by atoms with Crippen molar-refractivity contribution in [3.63, 3.8) is 0 Å². The van der Waals surface area contributed by atoms with Crippen molar-refractivity contribution in [1.82, 2.24) is 0 Å². The Morgan fingerprint density at radius 1 is 1.10 bits per heavy atom. The number of benzene rings is 1. The first-order chi connectivity index (χ1) is 10.0. The first-order valence-electron chi connectivity index (χ1n) is 6.87. The van der Waals surface area contributed by atoms with Crippen LogP contribution in [-0.4, -0.2) is 25.3 Å². The molecule has 0 aromatic heterocycles. The standard InChI is InChI=1S/C15H17F3O3/c1-20-13-4-2-3-5-14(13)21-15(19)7-9-6-11(17)12(18)8-10(9)16/h6,8,13-14H,2-5,7H2,1H3/t13-,14-/m1/s1. The van der Waals surface area contributed by atoms with Crippen molar-refractivity contribution in [2.24, 2.45) is 0 Å². The molecule has 0 bridgehead atoms. The lowest BCUT2D eigenvalue weighted by Gasteiger charge is -2.29. The molecule has 0 saturated heterocycles. The van der Waals surface area contributed by atoms with Crippen LogP contribution in [0.5, 0.6) is 0 Å². The van der Waals surface area contributed by atoms with Crippen LogP contribution in [0.3, 0.4) is 0 Å². The summed E-state index contributed by atoms with van der Waals surface area (Å²) >= 11 is 0. The van der Waals surface area contributed by atoms with Crippen LogP contribution < -0.4 is 0 Å². The Balaban J connectivity index is 2.00. The van der Waals surface area contributed by atoms with E-state index in [-0.39, 0.29) is 17.8 Å². The fourth-order valence-corrected chi connectivity index (χ4v) is 2.53. The highest BCUT2D eigenvalue weighted by Crippen LogP contribution is 2.24. The maximum absolute atomic E-state index is 13.5. The normalized spacial score (nSPS) is 22.1. The molecule has 1 aromatic carbocycles. The SMILES string of the molecule is CO[C@@H]1CCCC[C@H]1OC(=O)Cc1cc(F)c(F)cc1F. The number of methoxy groups -OCH3 is 1. The van der Waals surface area contributed by atoms with Gasteiger partial charge in [0.25, 0.3) is 0 Å². The predicted octanol–water partition coefficient (Wildman–Crippen LogP) is 3.15. The number of carbonyl (C=O) groups is 1. The van der Waals surface area contributed by atoms with E-state index in [0.717, 1.165) is 19.3 Å². The molecule has 21 heavy (non-hydrogen) atoms. The Morgan fingerprint density at radius 3 is 2.38 bits per heavy atom. The Bertz CT molecular complexity index is 519. The number of rotatable bonds is 4. The summed E-state index contributed by atoms with van der Waals surface area (Å²) in [6, 6.07) is 1.11. The van der Waals surface area contributed by atoms with Crippen LogP contribution in [0.2, 0.25) is 0 Å². The van der Waals surface area contributed by atoms with E-state index in [2.05, 4.69) is 0 Å². The minimum Gasteiger partial charge on any atom is -0.459 e. The van der Waals surface area contributed by atoms with E-state index < -0.39 is 29.8 Å². The zero-order valence-electron chi connectivity index (χ0n) is 11.7. The molecule has 0 amide bonds. The maximum Gasteiger partial charge on any atom is 0.310 e. The van der Waals surface area contributed by atoms with Crippen LogP contribution in [0.4, 0.5) is 13.2 Å². The molecule has 2 rings (SSSR count). The zero-order valence-corrected chi connectivity index (χ0v) is 11.7. The van der Waals surface area contributed by atoms with E-state index in [1.165, 1.54) is 0 Å². The predicted molar refractivity (Wildman–Crippen MR) is 69.2 cm³/mol. The zero-order chi connectivity index (χ0) is 15.4. The molecule has 0 heterocycles. The molecule has 0 spiro atoms. The average Bonchev–Trinajstić information content (AvgIpc) is 2.45. The fraction of sp³-hybridized carbons (Fsp3) is 0.533. The molecule has 1 aromatic rings. The molecule has 1 aliphatic rings. The number of carbonyl (C=O) groups excluding carboxylic acids is 1. The Hall–Kier alpha value is -1.56. The van der Waals surface area contributed by atoms with E-state index in [1.54, 1.807) is 7.11 Å². The minimum absolute atomic E-state index is 0.169. The molecule has 3 nitrogen and oxygen atoms in total. The highest BCUT2D eigenvalue weighted by Gasteiger charge is 2.28. The largest absolute Gasteiger partial charge is 0.459 e. The van der Waals surface area contributed by atoms with Crippen molar-refractivity contribution in [2.75, 3.05) is 7.11 Å². The van der Waals surface area contributed by atoms with Gasteiger partial charge < -0.3 is 9.47 Å². The van der Waals surface area contributed by atoms with E-state index in [1.807, 2.05) is 0 Å². The molecule has 1 aliphatic carbocycles. The van der Waals surface area contributed by atoms with Gasteiger partial charge in [-0.3, -0.25) is 4.79 Å². The molecule has 1 saturated carbocycles. The van der Waals surface area contributed by atoms with Gasteiger partial charge in [0, 0.05) is 18.7 Å². The Morgan fingerprint density at radius 2 is 1.71 bits per heavy atom. The third kappa shape index (κ3) is 3.97. The third-order valence-electron chi connectivity index (χ3n) is 3.65. The summed E-state index contributed by atoms with van der Waals surface area (Å²) in [6.07, 6.45) is 2.44. The summed E-state index contributed by atoms with van der Waals surface area (Å²) in [6.45, 7) is 0. The fourth-order valence-electron chi connectivity index (χ4n) is 2.53. The molecule has 1 fully saturated rings. The van der Waals surface area contributed by atoms with Crippen molar-refractivity contribution in [2.45, 2.75) is 44.3 Å². The highest BCUT2D eigenvalue weighted by molar-refractivity contribution is 5.72. The molecule has 0 radical (unpaired) electrons. The van der Waals surface area contributed by atoms with Gasteiger partial charge in [0.1, 0.15) is 11.9 Å².